The molecular formula is C17H26FN3O2. The molecule has 23 heavy (non-hydrogen) atoms. The van der Waals surface area contributed by atoms with Gasteiger partial charge in [-0.05, 0) is 26.8 Å². The normalized spacial score (nSPS) is 17.9. The second-order valence-corrected chi connectivity index (χ2v) is 6.90. The summed E-state index contributed by atoms with van der Waals surface area (Å²) in [6.45, 7) is 8.75. The van der Waals surface area contributed by atoms with E-state index in [1.807, 2.05) is 20.8 Å². The van der Waals surface area contributed by atoms with Crippen LogP contribution in [0.1, 0.15) is 32.4 Å². The Hall–Kier alpha value is -1.66. The number of nitrogens with two attached hydrogens (primary N) is 1. The Morgan fingerprint density at radius 2 is 1.87 bits per heavy atom. The molecule has 1 saturated heterocycles. The number of benzene rings is 1. The third-order valence-electron chi connectivity index (χ3n) is 3.78. The lowest BCUT2D eigenvalue weighted by molar-refractivity contribution is 0.0141. The highest BCUT2D eigenvalue weighted by molar-refractivity contribution is 5.68. The quantitative estimate of drug-likeness (QED) is 0.928. The van der Waals surface area contributed by atoms with Crippen molar-refractivity contribution in [2.45, 2.75) is 32.4 Å². The molecule has 0 spiro atoms. The van der Waals surface area contributed by atoms with E-state index in [1.54, 1.807) is 23.1 Å². The van der Waals surface area contributed by atoms with Gasteiger partial charge in [-0.15, -0.1) is 0 Å². The summed E-state index contributed by atoms with van der Waals surface area (Å²) in [4.78, 5) is 15.9. The minimum absolute atomic E-state index is 0.271. The molecule has 0 radical (unpaired) electrons. The zero-order valence-corrected chi connectivity index (χ0v) is 14.1. The molecule has 0 saturated carbocycles. The first-order valence-electron chi connectivity index (χ1n) is 7.96. The Bertz CT molecular complexity index is 537. The van der Waals surface area contributed by atoms with Crippen molar-refractivity contribution in [2.24, 2.45) is 5.73 Å². The maximum atomic E-state index is 13.8. The highest BCUT2D eigenvalue weighted by atomic mass is 19.1. The van der Waals surface area contributed by atoms with Crippen LogP contribution in [0.25, 0.3) is 0 Å². The molecule has 1 amide bonds. The van der Waals surface area contributed by atoms with E-state index in [1.165, 1.54) is 6.07 Å². The van der Waals surface area contributed by atoms with Crippen LogP contribution in [0.3, 0.4) is 0 Å². The second-order valence-electron chi connectivity index (χ2n) is 6.90. The SMILES string of the molecule is CC(C)(C)OC(=O)N1CCN(CC(N)c2ccccc2F)CC1. The standard InChI is InChI=1S/C17H26FN3O2/c1-17(2,3)23-16(22)21-10-8-20(9-11-21)12-15(19)13-6-4-5-7-14(13)18/h4-7,15H,8-12,19H2,1-3H3. The number of piperazine rings is 1. The Morgan fingerprint density at radius 3 is 2.43 bits per heavy atom. The third kappa shape index (κ3) is 5.18. The van der Waals surface area contributed by atoms with Crippen LogP contribution in [0.2, 0.25) is 0 Å². The van der Waals surface area contributed by atoms with E-state index in [2.05, 4.69) is 4.90 Å². The van der Waals surface area contributed by atoms with E-state index in [0.29, 0.717) is 38.3 Å². The predicted octanol–water partition coefficient (Wildman–Crippen LogP) is 2.38. The van der Waals surface area contributed by atoms with Crippen molar-refractivity contribution in [1.82, 2.24) is 9.80 Å². The van der Waals surface area contributed by atoms with Crippen molar-refractivity contribution in [1.29, 1.82) is 0 Å². The molecule has 0 bridgehead atoms. The van der Waals surface area contributed by atoms with Gasteiger partial charge in [0, 0.05) is 44.3 Å². The number of ether oxygens (including phenoxy) is 1. The summed E-state index contributed by atoms with van der Waals surface area (Å²) in [7, 11) is 0. The highest BCUT2D eigenvalue weighted by Gasteiger charge is 2.26. The monoisotopic (exact) mass is 323 g/mol. The van der Waals surface area contributed by atoms with E-state index in [4.69, 9.17) is 10.5 Å². The maximum Gasteiger partial charge on any atom is 0.410 e. The van der Waals surface area contributed by atoms with Crippen LogP contribution in [-0.4, -0.2) is 54.2 Å². The van der Waals surface area contributed by atoms with Crippen LogP contribution in [0.15, 0.2) is 24.3 Å². The van der Waals surface area contributed by atoms with Crippen molar-refractivity contribution in [3.05, 3.63) is 35.6 Å². The lowest BCUT2D eigenvalue weighted by atomic mass is 10.1. The average Bonchev–Trinajstić information content (AvgIpc) is 2.46. The topological polar surface area (TPSA) is 58.8 Å². The molecule has 0 aliphatic carbocycles. The fraction of sp³-hybridized carbons (Fsp3) is 0.588. The molecule has 5 nitrogen and oxygen atoms in total. The first-order valence-corrected chi connectivity index (χ1v) is 7.96. The summed E-state index contributed by atoms with van der Waals surface area (Å²) < 4.78 is 19.1. The van der Waals surface area contributed by atoms with E-state index in [-0.39, 0.29) is 18.0 Å². The molecular weight excluding hydrogens is 297 g/mol. The van der Waals surface area contributed by atoms with E-state index >= 15 is 0 Å². The third-order valence-corrected chi connectivity index (χ3v) is 3.78. The van der Waals surface area contributed by atoms with Gasteiger partial charge < -0.3 is 15.4 Å². The van der Waals surface area contributed by atoms with Crippen molar-refractivity contribution >= 4 is 6.09 Å². The van der Waals surface area contributed by atoms with Gasteiger partial charge >= 0.3 is 6.09 Å². The summed E-state index contributed by atoms with van der Waals surface area (Å²) in [5.41, 5.74) is 6.16. The minimum Gasteiger partial charge on any atom is -0.444 e. The molecule has 1 aliphatic heterocycles. The van der Waals surface area contributed by atoms with Crippen molar-refractivity contribution in [3.8, 4) is 0 Å². The van der Waals surface area contributed by atoms with Crippen LogP contribution < -0.4 is 5.73 Å². The molecule has 2 N–H and O–H groups in total. The Balaban J connectivity index is 1.83. The van der Waals surface area contributed by atoms with Crippen LogP contribution in [-0.2, 0) is 4.74 Å². The number of hydrogen-bond donors (Lipinski definition) is 1. The first-order chi connectivity index (χ1) is 10.8. The average molecular weight is 323 g/mol. The second kappa shape index (κ2) is 7.27. The Labute approximate surface area is 137 Å². The van der Waals surface area contributed by atoms with Gasteiger partial charge in [-0.2, -0.15) is 0 Å². The van der Waals surface area contributed by atoms with E-state index < -0.39 is 5.60 Å². The highest BCUT2D eigenvalue weighted by Crippen LogP contribution is 2.17. The van der Waals surface area contributed by atoms with E-state index in [9.17, 15) is 9.18 Å². The van der Waals surface area contributed by atoms with Gasteiger partial charge in [-0.3, -0.25) is 4.90 Å². The van der Waals surface area contributed by atoms with Crippen LogP contribution in [0, 0.1) is 5.82 Å². The van der Waals surface area contributed by atoms with Crippen LogP contribution in [0.5, 0.6) is 0 Å². The lowest BCUT2D eigenvalue weighted by Crippen LogP contribution is -2.51. The molecule has 1 atom stereocenters. The Kier molecular flexibility index (Phi) is 5.59. The molecule has 1 unspecified atom stereocenters. The van der Waals surface area contributed by atoms with Gasteiger partial charge in [0.05, 0.1) is 0 Å². The summed E-state index contributed by atoms with van der Waals surface area (Å²) in [5.74, 6) is -0.271. The van der Waals surface area contributed by atoms with Gasteiger partial charge in [0.2, 0.25) is 0 Å². The fourth-order valence-electron chi connectivity index (χ4n) is 2.59. The predicted molar refractivity (Wildman–Crippen MR) is 87.6 cm³/mol. The maximum absolute atomic E-state index is 13.8. The molecule has 6 heteroatoms. The molecule has 128 valence electrons. The van der Waals surface area contributed by atoms with E-state index in [0.717, 1.165) is 0 Å². The van der Waals surface area contributed by atoms with Gasteiger partial charge in [-0.1, -0.05) is 18.2 Å². The summed E-state index contributed by atoms with van der Waals surface area (Å²) in [6, 6.07) is 6.22. The van der Waals surface area contributed by atoms with Crippen LogP contribution in [0.4, 0.5) is 9.18 Å². The fourth-order valence-corrected chi connectivity index (χ4v) is 2.59. The molecule has 1 aromatic rings. The van der Waals surface area contributed by atoms with Gasteiger partial charge in [0.1, 0.15) is 11.4 Å². The number of hydrogen-bond acceptors (Lipinski definition) is 4. The largest absolute Gasteiger partial charge is 0.444 e. The number of carbonyl (C=O) groups excluding carboxylic acids is 1. The number of nitrogens with zero attached hydrogens (tertiary/aromatic N) is 2. The molecule has 2 rings (SSSR count). The summed E-state index contributed by atoms with van der Waals surface area (Å²) >= 11 is 0. The summed E-state index contributed by atoms with van der Waals surface area (Å²) in [5, 5.41) is 0. The van der Waals surface area contributed by atoms with Gasteiger partial charge in [-0.25, -0.2) is 9.18 Å². The molecule has 1 fully saturated rings. The molecule has 0 aromatic heterocycles. The summed E-state index contributed by atoms with van der Waals surface area (Å²) in [6.07, 6.45) is -0.282. The Morgan fingerprint density at radius 1 is 1.26 bits per heavy atom. The van der Waals surface area contributed by atoms with Gasteiger partial charge in [0.25, 0.3) is 0 Å². The minimum atomic E-state index is -0.485. The lowest BCUT2D eigenvalue weighted by Gasteiger charge is -2.36. The zero-order chi connectivity index (χ0) is 17.0. The number of halogens is 1. The van der Waals surface area contributed by atoms with Crippen molar-refractivity contribution in [3.63, 3.8) is 0 Å². The zero-order valence-electron chi connectivity index (χ0n) is 14.1. The van der Waals surface area contributed by atoms with Crippen molar-refractivity contribution in [2.75, 3.05) is 32.7 Å². The van der Waals surface area contributed by atoms with Crippen molar-refractivity contribution < 1.29 is 13.9 Å². The number of carbonyl (C=O) groups is 1. The first kappa shape index (κ1) is 17.7. The molecule has 1 heterocycles. The molecule has 1 aliphatic rings. The number of rotatable bonds is 3. The number of amides is 1. The smallest absolute Gasteiger partial charge is 0.410 e. The van der Waals surface area contributed by atoms with Gasteiger partial charge in [0.15, 0.2) is 0 Å². The van der Waals surface area contributed by atoms with Crippen LogP contribution >= 0.6 is 0 Å². The molecule has 1 aromatic carbocycles.